The molecule has 0 bridgehead atoms. The average Bonchev–Trinajstić information content (AvgIpc) is 3.49. The Kier molecular flexibility index (Phi) is 47.2. The number of carboxylic acids is 1. The first-order valence-electron chi connectivity index (χ1n) is 11.1. The molecule has 0 aromatic carbocycles. The zero-order valence-electron chi connectivity index (χ0n) is 19.0. The second kappa shape index (κ2) is 32.4. The largest absolute Gasteiger partial charge is 1.00 e. The Labute approximate surface area is 248 Å². The van der Waals surface area contributed by atoms with Gasteiger partial charge >= 0.3 is 50.7 Å². The Hall–Kier alpha value is 1.38. The molecule has 1 amide bonds. The van der Waals surface area contributed by atoms with Gasteiger partial charge in [0.1, 0.15) is 0 Å². The molecule has 4 rings (SSSR count). The summed E-state index contributed by atoms with van der Waals surface area (Å²) in [5, 5.41) is 8.41. The maximum atomic E-state index is 10.3. The molecule has 0 radical (unpaired) electrons. The molecule has 4 saturated carbocycles. The van der Waals surface area contributed by atoms with Gasteiger partial charge in [-0.2, -0.15) is 0 Å². The summed E-state index contributed by atoms with van der Waals surface area (Å²) in [6.45, 7) is 0. The van der Waals surface area contributed by atoms with Crippen molar-refractivity contribution in [2.45, 2.75) is 116 Å². The van der Waals surface area contributed by atoms with E-state index in [-0.39, 0.29) is 108 Å². The van der Waals surface area contributed by atoms with E-state index in [0.29, 0.717) is 0 Å². The molecule has 0 heterocycles. The van der Waals surface area contributed by atoms with Gasteiger partial charge < -0.3 is 27.3 Å². The molecule has 0 aliphatic heterocycles. The fourth-order valence-corrected chi connectivity index (χ4v) is 4.13. The average molecular weight is 728 g/mol. The SMILES string of the molecule is C1CCCC1.C1CCCC1.O.O=C(O)C1CCCC1.[Ag+].[Ag+].[Fe].[Fe].[NH-]C(=O)C1CCCC1.[NH2-]. The number of amides is 1. The van der Waals surface area contributed by atoms with Crippen LogP contribution in [0, 0.1) is 11.8 Å². The molecule has 0 unspecified atom stereocenters. The Morgan fingerprint density at radius 3 is 0.906 bits per heavy atom. The van der Waals surface area contributed by atoms with Crippen LogP contribution in [0.5, 0.6) is 0 Å². The van der Waals surface area contributed by atoms with Crippen LogP contribution >= 0.6 is 0 Å². The zero-order chi connectivity index (χ0) is 19.0. The predicted molar refractivity (Wildman–Crippen MR) is 116 cm³/mol. The van der Waals surface area contributed by atoms with Gasteiger partial charge in [-0.3, -0.25) is 4.79 Å². The van der Waals surface area contributed by atoms with Crippen LogP contribution in [0.2, 0.25) is 0 Å². The van der Waals surface area contributed by atoms with E-state index in [0.717, 1.165) is 51.4 Å². The predicted octanol–water partition coefficient (Wildman–Crippen LogP) is 6.80. The smallest absolute Gasteiger partial charge is 0.693 e. The molecule has 0 atom stereocenters. The van der Waals surface area contributed by atoms with Crippen LogP contribution in [-0.4, -0.2) is 22.5 Å². The van der Waals surface area contributed by atoms with E-state index in [1.165, 1.54) is 64.2 Å². The van der Waals surface area contributed by atoms with Gasteiger partial charge in [0.2, 0.25) is 0 Å². The third kappa shape index (κ3) is 26.0. The monoisotopic (exact) mass is 726 g/mol. The van der Waals surface area contributed by atoms with Gasteiger partial charge in [0.15, 0.2) is 0 Å². The summed E-state index contributed by atoms with van der Waals surface area (Å²) in [6, 6.07) is 0. The van der Waals surface area contributed by atoms with Crippen molar-refractivity contribution in [3.8, 4) is 0 Å². The number of nitrogens with one attached hydrogen (secondary N) is 1. The topological polar surface area (TPSA) is 143 Å². The molecule has 0 aromatic heterocycles. The number of hydrogen-bond donors (Lipinski definition) is 1. The molecule has 0 aromatic rings. The minimum absolute atomic E-state index is 0. The number of carbonyl (C=O) groups excluding carboxylic acids is 1. The number of nitrogens with two attached hydrogens (primary N) is 1. The van der Waals surface area contributed by atoms with Crippen molar-refractivity contribution in [1.29, 1.82) is 0 Å². The van der Waals surface area contributed by atoms with Crippen molar-refractivity contribution in [1.82, 2.24) is 0 Å². The van der Waals surface area contributed by atoms with Crippen molar-refractivity contribution in [3.63, 3.8) is 0 Å². The summed E-state index contributed by atoms with van der Waals surface area (Å²) in [6.07, 6.45) is 23.2. The quantitative estimate of drug-likeness (QED) is 0.313. The summed E-state index contributed by atoms with van der Waals surface area (Å²) in [7, 11) is 0. The first kappa shape index (κ1) is 46.7. The molecule has 6 nitrogen and oxygen atoms in total. The Bertz CT molecular complexity index is 341. The summed E-state index contributed by atoms with van der Waals surface area (Å²) in [5.74, 6) is -0.894. The summed E-state index contributed by atoms with van der Waals surface area (Å²) < 4.78 is 0. The van der Waals surface area contributed by atoms with Crippen LogP contribution in [0.3, 0.4) is 0 Å². The third-order valence-electron chi connectivity index (χ3n) is 5.93. The molecule has 204 valence electrons. The van der Waals surface area contributed by atoms with Crippen LogP contribution in [0.15, 0.2) is 0 Å². The van der Waals surface area contributed by atoms with Crippen LogP contribution in [0.4, 0.5) is 0 Å². The number of hydrogen-bond acceptors (Lipinski definition) is 2. The van der Waals surface area contributed by atoms with Crippen molar-refractivity contribution in [3.05, 3.63) is 11.9 Å². The normalized spacial score (nSPS) is 18.2. The molecule has 4 aliphatic carbocycles. The number of aliphatic carboxylic acids is 1. The van der Waals surface area contributed by atoms with E-state index in [4.69, 9.17) is 10.8 Å². The molecule has 0 spiro atoms. The molecule has 0 saturated heterocycles. The molecular formula is C22H44Ag2Fe2N2O4. The van der Waals surface area contributed by atoms with E-state index >= 15 is 0 Å². The second-order valence-electron chi connectivity index (χ2n) is 8.20. The Balaban J connectivity index is -0.0000000674. The minimum atomic E-state index is -0.609. The van der Waals surface area contributed by atoms with E-state index in [2.05, 4.69) is 0 Å². The van der Waals surface area contributed by atoms with Gasteiger partial charge in [0, 0.05) is 40.1 Å². The zero-order valence-corrected chi connectivity index (χ0v) is 24.2. The van der Waals surface area contributed by atoms with Crippen LogP contribution in [0.25, 0.3) is 11.9 Å². The van der Waals surface area contributed by atoms with Gasteiger partial charge in [-0.25, -0.2) is 0 Å². The van der Waals surface area contributed by atoms with Crippen LogP contribution in [-0.2, 0) is 88.5 Å². The summed E-state index contributed by atoms with van der Waals surface area (Å²) >= 11 is 0. The standard InChI is InChI=1S/C6H11NO.C6H10O2.2C5H10.2Ag.2Fe.H2N.H2O/c2*7-6(8)5-3-1-2-4-5;2*1-2-4-5-3-1;;;;;;/h5H,1-4H2,(H2,7,8);5H,1-4H2,(H,7,8);2*1-5H2;;;;;2*1H2/q;;;;2*+1;;;-1;/p-1. The summed E-state index contributed by atoms with van der Waals surface area (Å²) in [4.78, 5) is 20.5. The molecule has 6 N–H and O–H groups in total. The second-order valence-corrected chi connectivity index (χ2v) is 8.20. The van der Waals surface area contributed by atoms with E-state index in [1.807, 2.05) is 0 Å². The van der Waals surface area contributed by atoms with Crippen molar-refractivity contribution < 1.29 is 99.1 Å². The van der Waals surface area contributed by atoms with Gasteiger partial charge in [0.05, 0.1) is 11.8 Å². The van der Waals surface area contributed by atoms with E-state index in [1.54, 1.807) is 0 Å². The Morgan fingerprint density at radius 2 is 0.781 bits per heavy atom. The van der Waals surface area contributed by atoms with Crippen molar-refractivity contribution in [2.75, 3.05) is 0 Å². The molecule has 32 heavy (non-hydrogen) atoms. The summed E-state index contributed by atoms with van der Waals surface area (Å²) in [5.41, 5.74) is 6.74. The number of carboxylic acid groups (broad SMARTS) is 1. The van der Waals surface area contributed by atoms with Gasteiger partial charge in [-0.15, -0.1) is 0 Å². The Morgan fingerprint density at radius 1 is 0.562 bits per heavy atom. The van der Waals surface area contributed by atoms with E-state index < -0.39 is 5.97 Å². The maximum Gasteiger partial charge on any atom is 1.00 e. The van der Waals surface area contributed by atoms with Gasteiger partial charge in [-0.05, 0) is 25.7 Å². The number of carbonyl (C=O) groups is 2. The van der Waals surface area contributed by atoms with Crippen LogP contribution < -0.4 is 0 Å². The first-order valence-corrected chi connectivity index (χ1v) is 11.1. The molecule has 10 heteroatoms. The molecular weight excluding hydrogens is 684 g/mol. The fourth-order valence-electron chi connectivity index (χ4n) is 4.13. The van der Waals surface area contributed by atoms with Gasteiger partial charge in [0.25, 0.3) is 0 Å². The van der Waals surface area contributed by atoms with Crippen molar-refractivity contribution in [2.24, 2.45) is 11.8 Å². The molecule has 4 fully saturated rings. The first-order chi connectivity index (χ1) is 12.6. The molecule has 4 aliphatic rings. The maximum absolute atomic E-state index is 10.3. The van der Waals surface area contributed by atoms with Gasteiger partial charge in [-0.1, -0.05) is 89.9 Å². The fraction of sp³-hybridized carbons (Fsp3) is 0.909. The van der Waals surface area contributed by atoms with Crippen molar-refractivity contribution >= 4 is 11.9 Å². The third-order valence-corrected chi connectivity index (χ3v) is 5.93. The van der Waals surface area contributed by atoms with E-state index in [9.17, 15) is 9.59 Å². The van der Waals surface area contributed by atoms with Crippen LogP contribution in [0.1, 0.15) is 116 Å². The minimum Gasteiger partial charge on any atom is -0.693 e. The number of rotatable bonds is 2.